The Labute approximate surface area is 106 Å². The van der Waals surface area contributed by atoms with E-state index in [1.807, 2.05) is 6.92 Å². The molecule has 0 amide bonds. The highest BCUT2D eigenvalue weighted by molar-refractivity contribution is 4.80. The Hall–Kier alpha value is -0.120. The van der Waals surface area contributed by atoms with Gasteiger partial charge in [0.25, 0.3) is 0 Å². The largest absolute Gasteiger partial charge is 0.389 e. The minimum Gasteiger partial charge on any atom is -0.389 e. The molecular formula is C14H30N2O. The van der Waals surface area contributed by atoms with Crippen LogP contribution in [0.2, 0.25) is 0 Å². The van der Waals surface area contributed by atoms with Crippen molar-refractivity contribution in [2.75, 3.05) is 20.1 Å². The van der Waals surface area contributed by atoms with Gasteiger partial charge in [-0.25, -0.2) is 0 Å². The van der Waals surface area contributed by atoms with Crippen LogP contribution in [0.3, 0.4) is 0 Å². The second-order valence-electron chi connectivity index (χ2n) is 6.11. The first-order valence-corrected chi connectivity index (χ1v) is 7.09. The van der Waals surface area contributed by atoms with Crippen LogP contribution in [0.1, 0.15) is 52.4 Å². The first-order valence-electron chi connectivity index (χ1n) is 7.09. The molecule has 1 aliphatic rings. The van der Waals surface area contributed by atoms with Gasteiger partial charge in [0.1, 0.15) is 0 Å². The molecule has 102 valence electrons. The molecule has 0 radical (unpaired) electrons. The fraction of sp³-hybridized carbons (Fsp3) is 1.00. The molecule has 0 aromatic rings. The van der Waals surface area contributed by atoms with E-state index in [1.54, 1.807) is 0 Å². The van der Waals surface area contributed by atoms with Crippen molar-refractivity contribution in [1.29, 1.82) is 0 Å². The molecule has 3 unspecified atom stereocenters. The Morgan fingerprint density at radius 2 is 2.00 bits per heavy atom. The molecule has 0 spiro atoms. The van der Waals surface area contributed by atoms with Gasteiger partial charge in [0.05, 0.1) is 5.60 Å². The maximum atomic E-state index is 9.85. The monoisotopic (exact) mass is 242 g/mol. The van der Waals surface area contributed by atoms with Crippen LogP contribution in [-0.2, 0) is 0 Å². The summed E-state index contributed by atoms with van der Waals surface area (Å²) in [4.78, 5) is 2.48. The van der Waals surface area contributed by atoms with Gasteiger partial charge >= 0.3 is 0 Å². The topological polar surface area (TPSA) is 49.5 Å². The zero-order valence-corrected chi connectivity index (χ0v) is 11.8. The van der Waals surface area contributed by atoms with Crippen molar-refractivity contribution in [2.24, 2.45) is 11.7 Å². The predicted molar refractivity (Wildman–Crippen MR) is 73.0 cm³/mol. The predicted octanol–water partition coefficient (Wildman–Crippen LogP) is 1.99. The van der Waals surface area contributed by atoms with Gasteiger partial charge in [-0.15, -0.1) is 0 Å². The summed E-state index contributed by atoms with van der Waals surface area (Å²) in [6.07, 6.45) is 7.31. The van der Waals surface area contributed by atoms with Gasteiger partial charge in [-0.1, -0.05) is 19.8 Å². The quantitative estimate of drug-likeness (QED) is 0.749. The van der Waals surface area contributed by atoms with Crippen LogP contribution in [0.25, 0.3) is 0 Å². The third kappa shape index (κ3) is 4.94. The summed E-state index contributed by atoms with van der Waals surface area (Å²) < 4.78 is 0. The van der Waals surface area contributed by atoms with Crippen molar-refractivity contribution in [3.05, 3.63) is 0 Å². The van der Waals surface area contributed by atoms with E-state index in [-0.39, 0.29) is 0 Å². The van der Waals surface area contributed by atoms with Gasteiger partial charge in [-0.3, -0.25) is 0 Å². The molecule has 1 rings (SSSR count). The zero-order valence-electron chi connectivity index (χ0n) is 11.8. The Morgan fingerprint density at radius 1 is 1.35 bits per heavy atom. The Bertz CT molecular complexity index is 218. The lowest BCUT2D eigenvalue weighted by Gasteiger charge is -2.36. The number of hydrogen-bond donors (Lipinski definition) is 2. The third-order valence-corrected chi connectivity index (χ3v) is 4.30. The van der Waals surface area contributed by atoms with Crippen LogP contribution in [-0.4, -0.2) is 41.8 Å². The van der Waals surface area contributed by atoms with Crippen molar-refractivity contribution in [2.45, 2.75) is 64.0 Å². The molecule has 0 bridgehead atoms. The van der Waals surface area contributed by atoms with Crippen LogP contribution in [0.4, 0.5) is 0 Å². The fourth-order valence-corrected chi connectivity index (χ4v) is 2.93. The molecule has 3 nitrogen and oxygen atoms in total. The summed E-state index contributed by atoms with van der Waals surface area (Å²) in [5, 5.41) is 9.85. The third-order valence-electron chi connectivity index (χ3n) is 4.30. The summed E-state index contributed by atoms with van der Waals surface area (Å²) in [6.45, 7) is 5.63. The van der Waals surface area contributed by atoms with E-state index in [9.17, 15) is 5.11 Å². The van der Waals surface area contributed by atoms with Crippen molar-refractivity contribution in [3.63, 3.8) is 0 Å². The lowest BCUT2D eigenvalue weighted by molar-refractivity contribution is 0.0508. The van der Waals surface area contributed by atoms with E-state index in [2.05, 4.69) is 18.9 Å². The number of hydrogen-bond acceptors (Lipinski definition) is 3. The number of nitrogens with two attached hydrogens (primary N) is 1. The highest BCUT2D eigenvalue weighted by Gasteiger charge is 2.25. The van der Waals surface area contributed by atoms with Crippen molar-refractivity contribution in [1.82, 2.24) is 4.90 Å². The average molecular weight is 242 g/mol. The maximum absolute atomic E-state index is 9.85. The van der Waals surface area contributed by atoms with E-state index in [1.165, 1.54) is 25.7 Å². The first-order chi connectivity index (χ1) is 7.96. The molecule has 3 atom stereocenters. The highest BCUT2D eigenvalue weighted by atomic mass is 16.3. The van der Waals surface area contributed by atoms with Gasteiger partial charge in [0, 0.05) is 12.6 Å². The molecule has 3 N–H and O–H groups in total. The van der Waals surface area contributed by atoms with Gasteiger partial charge in [0.2, 0.25) is 0 Å². The van der Waals surface area contributed by atoms with Crippen LogP contribution in [0, 0.1) is 5.92 Å². The standard InChI is InChI=1S/C14H30N2O/c1-12-7-4-5-8-13(12)16(3)10-6-9-14(2,17)11-15/h12-13,17H,4-11,15H2,1-3H3. The molecule has 3 heteroatoms. The normalized spacial score (nSPS) is 29.3. The van der Waals surface area contributed by atoms with Crippen molar-refractivity contribution >= 4 is 0 Å². The van der Waals surface area contributed by atoms with Crippen molar-refractivity contribution < 1.29 is 5.11 Å². The van der Waals surface area contributed by atoms with Crippen LogP contribution in [0.15, 0.2) is 0 Å². The van der Waals surface area contributed by atoms with Gasteiger partial charge in [-0.05, 0) is 52.1 Å². The Morgan fingerprint density at radius 3 is 2.59 bits per heavy atom. The molecule has 1 fully saturated rings. The Kier molecular flexibility index (Phi) is 5.90. The molecule has 0 aromatic carbocycles. The summed E-state index contributed by atoms with van der Waals surface area (Å²) in [7, 11) is 2.23. The molecule has 1 aliphatic carbocycles. The molecule has 0 aliphatic heterocycles. The van der Waals surface area contributed by atoms with Gasteiger partial charge < -0.3 is 15.7 Å². The minimum absolute atomic E-state index is 0.358. The van der Waals surface area contributed by atoms with E-state index >= 15 is 0 Å². The van der Waals surface area contributed by atoms with E-state index in [0.717, 1.165) is 31.3 Å². The highest BCUT2D eigenvalue weighted by Crippen LogP contribution is 2.27. The lowest BCUT2D eigenvalue weighted by atomic mass is 9.85. The van der Waals surface area contributed by atoms with Crippen LogP contribution in [0.5, 0.6) is 0 Å². The summed E-state index contributed by atoms with van der Waals surface area (Å²) in [5.41, 5.74) is 4.84. The minimum atomic E-state index is -0.682. The average Bonchev–Trinajstić information content (AvgIpc) is 2.29. The molecule has 0 aromatic heterocycles. The van der Waals surface area contributed by atoms with Gasteiger partial charge in [-0.2, -0.15) is 0 Å². The summed E-state index contributed by atoms with van der Waals surface area (Å²) in [5.74, 6) is 0.823. The molecule has 17 heavy (non-hydrogen) atoms. The van der Waals surface area contributed by atoms with Crippen LogP contribution >= 0.6 is 0 Å². The molecule has 1 saturated carbocycles. The first kappa shape index (κ1) is 14.9. The fourth-order valence-electron chi connectivity index (χ4n) is 2.93. The van der Waals surface area contributed by atoms with Crippen molar-refractivity contribution in [3.8, 4) is 0 Å². The summed E-state index contributed by atoms with van der Waals surface area (Å²) >= 11 is 0. The van der Waals surface area contributed by atoms with E-state index in [0.29, 0.717) is 6.54 Å². The molecular weight excluding hydrogens is 212 g/mol. The lowest BCUT2D eigenvalue weighted by Crippen LogP contribution is -2.40. The maximum Gasteiger partial charge on any atom is 0.0741 e. The van der Waals surface area contributed by atoms with E-state index < -0.39 is 5.60 Å². The van der Waals surface area contributed by atoms with Crippen LogP contribution < -0.4 is 5.73 Å². The van der Waals surface area contributed by atoms with E-state index in [4.69, 9.17) is 5.73 Å². The summed E-state index contributed by atoms with van der Waals surface area (Å²) in [6, 6.07) is 0.742. The number of nitrogens with zero attached hydrogens (tertiary/aromatic N) is 1. The number of rotatable bonds is 6. The van der Waals surface area contributed by atoms with Gasteiger partial charge in [0.15, 0.2) is 0 Å². The second-order valence-corrected chi connectivity index (χ2v) is 6.11. The Balaban J connectivity index is 2.26. The smallest absolute Gasteiger partial charge is 0.0741 e. The SMILES string of the molecule is CC1CCCCC1N(C)CCCC(C)(O)CN. The number of aliphatic hydroxyl groups is 1. The zero-order chi connectivity index (χ0) is 12.9. The molecule has 0 saturated heterocycles. The second kappa shape index (κ2) is 6.72. The molecule has 0 heterocycles.